The molecule has 0 aromatic heterocycles. The number of benzene rings is 1. The molecule has 1 saturated heterocycles. The molecule has 1 fully saturated rings. The molecule has 1 N–H and O–H groups in total. The van der Waals surface area contributed by atoms with E-state index in [1.165, 1.54) is 0 Å². The number of rotatable bonds is 7. The van der Waals surface area contributed by atoms with E-state index >= 15 is 0 Å². The summed E-state index contributed by atoms with van der Waals surface area (Å²) in [6.07, 6.45) is 1.68. The number of carbonyl (C=O) groups excluding carboxylic acids is 2. The van der Waals surface area contributed by atoms with Crippen molar-refractivity contribution < 1.29 is 14.3 Å². The summed E-state index contributed by atoms with van der Waals surface area (Å²) >= 11 is 0. The Morgan fingerprint density at radius 2 is 1.88 bits per heavy atom. The minimum atomic E-state index is -0.0901. The molecule has 1 aliphatic heterocycles. The Bertz CT molecular complexity index is 563. The Labute approximate surface area is 143 Å². The van der Waals surface area contributed by atoms with E-state index in [4.69, 9.17) is 4.74 Å². The van der Waals surface area contributed by atoms with Crippen LogP contribution in [0.25, 0.3) is 0 Å². The molecule has 0 spiro atoms. The third-order valence-electron chi connectivity index (χ3n) is 4.02. The Morgan fingerprint density at radius 3 is 2.46 bits per heavy atom. The molecule has 6 nitrogen and oxygen atoms in total. The van der Waals surface area contributed by atoms with Crippen molar-refractivity contribution in [2.45, 2.75) is 6.92 Å². The van der Waals surface area contributed by atoms with Crippen molar-refractivity contribution in [3.63, 3.8) is 0 Å². The number of nitrogens with zero attached hydrogens (tertiary/aromatic N) is 2. The molecule has 0 radical (unpaired) electrons. The van der Waals surface area contributed by atoms with Gasteiger partial charge in [0.2, 0.25) is 5.91 Å². The monoisotopic (exact) mass is 331 g/mol. The normalized spacial score (nSPS) is 15.0. The molecule has 0 atom stereocenters. The van der Waals surface area contributed by atoms with Gasteiger partial charge in [-0.2, -0.15) is 0 Å². The molecule has 2 rings (SSSR count). The predicted molar refractivity (Wildman–Crippen MR) is 93.2 cm³/mol. The highest BCUT2D eigenvalue weighted by atomic mass is 16.5. The second kappa shape index (κ2) is 9.08. The smallest absolute Gasteiger partial charge is 0.251 e. The SMILES string of the molecule is C=CCOc1ccc(C(=O)NCCN2CCN(C(C)=O)CC2)cc1. The Morgan fingerprint density at radius 1 is 1.21 bits per heavy atom. The average molecular weight is 331 g/mol. The zero-order valence-electron chi connectivity index (χ0n) is 14.2. The van der Waals surface area contributed by atoms with Crippen molar-refractivity contribution in [1.82, 2.24) is 15.1 Å². The molecule has 1 aromatic carbocycles. The Hall–Kier alpha value is -2.34. The fraction of sp³-hybridized carbons (Fsp3) is 0.444. The Kier molecular flexibility index (Phi) is 6.81. The number of amides is 2. The van der Waals surface area contributed by atoms with Gasteiger partial charge in [-0.15, -0.1) is 0 Å². The van der Waals surface area contributed by atoms with E-state index in [9.17, 15) is 9.59 Å². The van der Waals surface area contributed by atoms with Crippen LogP contribution in [-0.4, -0.2) is 67.5 Å². The number of hydrogen-bond donors (Lipinski definition) is 1. The molecular weight excluding hydrogens is 306 g/mol. The van der Waals surface area contributed by atoms with Crippen molar-refractivity contribution in [3.05, 3.63) is 42.5 Å². The lowest BCUT2D eigenvalue weighted by Crippen LogP contribution is -2.49. The van der Waals surface area contributed by atoms with Crippen LogP contribution in [0, 0.1) is 0 Å². The van der Waals surface area contributed by atoms with E-state index in [1.54, 1.807) is 37.3 Å². The first-order chi connectivity index (χ1) is 11.6. The lowest BCUT2D eigenvalue weighted by Gasteiger charge is -2.34. The number of ether oxygens (including phenoxy) is 1. The van der Waals surface area contributed by atoms with Crippen LogP contribution in [0.15, 0.2) is 36.9 Å². The number of nitrogens with one attached hydrogen (secondary N) is 1. The largest absolute Gasteiger partial charge is 0.490 e. The number of hydrogen-bond acceptors (Lipinski definition) is 4. The zero-order valence-corrected chi connectivity index (χ0v) is 14.2. The molecule has 1 aromatic rings. The van der Waals surface area contributed by atoms with Crippen molar-refractivity contribution in [3.8, 4) is 5.75 Å². The third kappa shape index (κ3) is 5.38. The van der Waals surface area contributed by atoms with Crippen LogP contribution in [-0.2, 0) is 4.79 Å². The predicted octanol–water partition coefficient (Wildman–Crippen LogP) is 1.15. The van der Waals surface area contributed by atoms with Gasteiger partial charge in [0.25, 0.3) is 5.91 Å². The topological polar surface area (TPSA) is 61.9 Å². The molecular formula is C18H25N3O3. The van der Waals surface area contributed by atoms with E-state index in [0.29, 0.717) is 18.7 Å². The molecule has 0 unspecified atom stereocenters. The second-order valence-electron chi connectivity index (χ2n) is 5.73. The van der Waals surface area contributed by atoms with Gasteiger partial charge >= 0.3 is 0 Å². The van der Waals surface area contributed by atoms with Crippen LogP contribution >= 0.6 is 0 Å². The summed E-state index contributed by atoms with van der Waals surface area (Å²) in [6.45, 7) is 10.2. The van der Waals surface area contributed by atoms with Crippen LogP contribution in [0.3, 0.4) is 0 Å². The molecule has 0 saturated carbocycles. The van der Waals surface area contributed by atoms with Gasteiger partial charge in [0.05, 0.1) is 0 Å². The lowest BCUT2D eigenvalue weighted by molar-refractivity contribution is -0.130. The van der Waals surface area contributed by atoms with Gasteiger partial charge in [-0.3, -0.25) is 14.5 Å². The standard InChI is InChI=1S/C18H25N3O3/c1-3-14-24-17-6-4-16(5-7-17)18(23)19-8-9-20-10-12-21(13-11-20)15(2)22/h3-7H,1,8-14H2,2H3,(H,19,23). The summed E-state index contributed by atoms with van der Waals surface area (Å²) in [5, 5.41) is 2.92. The molecule has 2 amide bonds. The second-order valence-corrected chi connectivity index (χ2v) is 5.73. The quantitative estimate of drug-likeness (QED) is 0.761. The summed E-state index contributed by atoms with van der Waals surface area (Å²) in [5.74, 6) is 0.755. The minimum Gasteiger partial charge on any atom is -0.490 e. The van der Waals surface area contributed by atoms with Gasteiger partial charge in [-0.05, 0) is 24.3 Å². The van der Waals surface area contributed by atoms with Gasteiger partial charge in [0.15, 0.2) is 0 Å². The van der Waals surface area contributed by atoms with E-state index in [2.05, 4.69) is 16.8 Å². The van der Waals surface area contributed by atoms with Crippen molar-refractivity contribution in [2.75, 3.05) is 45.9 Å². The fourth-order valence-corrected chi connectivity index (χ4v) is 2.57. The first-order valence-electron chi connectivity index (χ1n) is 8.20. The summed E-state index contributed by atoms with van der Waals surface area (Å²) in [7, 11) is 0. The molecule has 1 heterocycles. The van der Waals surface area contributed by atoms with E-state index in [-0.39, 0.29) is 11.8 Å². The first-order valence-corrected chi connectivity index (χ1v) is 8.20. The van der Waals surface area contributed by atoms with Crippen LogP contribution in [0.1, 0.15) is 17.3 Å². The molecule has 1 aliphatic rings. The average Bonchev–Trinajstić information content (AvgIpc) is 2.60. The van der Waals surface area contributed by atoms with Gasteiger partial charge in [-0.25, -0.2) is 0 Å². The highest BCUT2D eigenvalue weighted by molar-refractivity contribution is 5.94. The molecule has 130 valence electrons. The Balaban J connectivity index is 1.69. The van der Waals surface area contributed by atoms with Crippen molar-refractivity contribution in [2.24, 2.45) is 0 Å². The van der Waals surface area contributed by atoms with Crippen molar-refractivity contribution >= 4 is 11.8 Å². The molecule has 0 aliphatic carbocycles. The zero-order chi connectivity index (χ0) is 17.4. The first kappa shape index (κ1) is 18.0. The molecule has 0 bridgehead atoms. The highest BCUT2D eigenvalue weighted by Gasteiger charge is 2.18. The van der Waals surface area contributed by atoms with Crippen LogP contribution in [0.2, 0.25) is 0 Å². The number of carbonyl (C=O) groups is 2. The maximum atomic E-state index is 12.1. The lowest BCUT2D eigenvalue weighted by atomic mass is 10.2. The van der Waals surface area contributed by atoms with Gasteiger partial charge in [-0.1, -0.05) is 12.7 Å². The van der Waals surface area contributed by atoms with Crippen LogP contribution < -0.4 is 10.1 Å². The van der Waals surface area contributed by atoms with Crippen LogP contribution in [0.5, 0.6) is 5.75 Å². The minimum absolute atomic E-state index is 0.0901. The summed E-state index contributed by atoms with van der Waals surface area (Å²) < 4.78 is 5.39. The maximum absolute atomic E-state index is 12.1. The molecule has 24 heavy (non-hydrogen) atoms. The van der Waals surface area contributed by atoms with Gasteiger partial charge < -0.3 is 15.0 Å². The molecule has 6 heteroatoms. The van der Waals surface area contributed by atoms with Crippen molar-refractivity contribution in [1.29, 1.82) is 0 Å². The highest BCUT2D eigenvalue weighted by Crippen LogP contribution is 2.12. The van der Waals surface area contributed by atoms with E-state index in [0.717, 1.165) is 38.5 Å². The maximum Gasteiger partial charge on any atom is 0.251 e. The summed E-state index contributed by atoms with van der Waals surface area (Å²) in [6, 6.07) is 7.05. The van der Waals surface area contributed by atoms with Crippen LogP contribution in [0.4, 0.5) is 0 Å². The fourth-order valence-electron chi connectivity index (χ4n) is 2.57. The summed E-state index contributed by atoms with van der Waals surface area (Å²) in [5.41, 5.74) is 0.613. The van der Waals surface area contributed by atoms with E-state index < -0.39 is 0 Å². The van der Waals surface area contributed by atoms with E-state index in [1.807, 2.05) is 4.90 Å². The van der Waals surface area contributed by atoms with Gasteiger partial charge in [0.1, 0.15) is 12.4 Å². The van der Waals surface area contributed by atoms with Gasteiger partial charge in [0, 0.05) is 51.8 Å². The number of piperazine rings is 1. The summed E-state index contributed by atoms with van der Waals surface area (Å²) in [4.78, 5) is 27.5. The third-order valence-corrected chi connectivity index (χ3v) is 4.02.